The van der Waals surface area contributed by atoms with Gasteiger partial charge in [0.25, 0.3) is 0 Å². The first-order valence-electron chi connectivity index (χ1n) is 15.4. The Kier molecular flexibility index (Phi) is 5.18. The van der Waals surface area contributed by atoms with Crippen molar-refractivity contribution >= 4 is 38.9 Å². The van der Waals surface area contributed by atoms with Crippen LogP contribution in [0.2, 0.25) is 0 Å². The standard InChI is InChI=1S/C39H45NO/c1-17-18(2)33-31(27-15-38(10,11)14-26(17)27)21(5)19(3)29-25(9)30-20(4)22(6)32-28-16-39(12,13)40-35(28)24(8)23(7)34(32)37(30)41-36(29)33/h14,40H,15-16H2,1-13H3. The molecule has 0 bridgehead atoms. The minimum atomic E-state index is 0.0458. The molecule has 0 amide bonds. The van der Waals surface area contributed by atoms with Crippen molar-refractivity contribution in [1.29, 1.82) is 0 Å². The molecular formula is C39H45NO. The summed E-state index contributed by atoms with van der Waals surface area (Å²) < 4.78 is 7.39. The van der Waals surface area contributed by atoms with E-state index >= 15 is 0 Å². The predicted octanol–water partition coefficient (Wildman–Crippen LogP) is 8.89. The Morgan fingerprint density at radius 2 is 1.15 bits per heavy atom. The van der Waals surface area contributed by atoms with Crippen LogP contribution in [0.5, 0.6) is 11.5 Å². The van der Waals surface area contributed by atoms with Crippen molar-refractivity contribution in [2.24, 2.45) is 5.41 Å². The SMILES string of the molecule is CC1=c2c(C)c(C)c3c4c(c(C)c(C)c3c2Oc2c1c(C)c(C)c1c3c(c(C)c(C)c21)NC(C)(C)C3)=CC(C)(C)C4. The van der Waals surface area contributed by atoms with Crippen LogP contribution < -0.4 is 20.5 Å². The predicted molar refractivity (Wildman–Crippen MR) is 177 cm³/mol. The highest BCUT2D eigenvalue weighted by Gasteiger charge is 2.36. The Labute approximate surface area is 245 Å². The number of hydrogen-bond acceptors (Lipinski definition) is 2. The summed E-state index contributed by atoms with van der Waals surface area (Å²) in [6.45, 7) is 30.2. The number of nitrogens with one attached hydrogen (secondary N) is 1. The molecule has 1 N–H and O–H groups in total. The second-order valence-electron chi connectivity index (χ2n) is 14.9. The summed E-state index contributed by atoms with van der Waals surface area (Å²) >= 11 is 0. The Morgan fingerprint density at radius 1 is 0.585 bits per heavy atom. The van der Waals surface area contributed by atoms with E-state index in [2.05, 4.69) is 101 Å². The molecule has 2 nitrogen and oxygen atoms in total. The maximum atomic E-state index is 7.39. The van der Waals surface area contributed by atoms with Gasteiger partial charge in [-0.15, -0.1) is 0 Å². The van der Waals surface area contributed by atoms with Crippen LogP contribution in [-0.2, 0) is 12.8 Å². The molecule has 3 aliphatic rings. The minimum Gasteiger partial charge on any atom is -0.455 e. The van der Waals surface area contributed by atoms with Gasteiger partial charge in [-0.3, -0.25) is 0 Å². The molecule has 0 saturated carbocycles. The summed E-state index contributed by atoms with van der Waals surface area (Å²) in [6.07, 6.45) is 4.61. The molecule has 2 aliphatic heterocycles. The molecule has 0 fully saturated rings. The molecule has 4 aromatic carbocycles. The van der Waals surface area contributed by atoms with Gasteiger partial charge in [0.15, 0.2) is 0 Å². The third-order valence-electron chi connectivity index (χ3n) is 11.1. The second kappa shape index (κ2) is 7.97. The van der Waals surface area contributed by atoms with E-state index in [1.807, 2.05) is 0 Å². The largest absolute Gasteiger partial charge is 0.455 e. The summed E-state index contributed by atoms with van der Waals surface area (Å²) in [4.78, 5) is 0. The molecule has 0 radical (unpaired) electrons. The molecule has 2 heteroatoms. The summed E-state index contributed by atoms with van der Waals surface area (Å²) in [7, 11) is 0. The van der Waals surface area contributed by atoms with Crippen molar-refractivity contribution < 1.29 is 4.74 Å². The van der Waals surface area contributed by atoms with Gasteiger partial charge in [0.1, 0.15) is 11.5 Å². The average Bonchev–Trinajstić information content (AvgIpc) is 3.39. The molecule has 2 heterocycles. The molecular weight excluding hydrogens is 498 g/mol. The number of benzene rings is 4. The van der Waals surface area contributed by atoms with Gasteiger partial charge in [0, 0.05) is 32.8 Å². The number of hydrogen-bond donors (Lipinski definition) is 1. The Bertz CT molecular complexity index is 2070. The topological polar surface area (TPSA) is 21.3 Å². The lowest BCUT2D eigenvalue weighted by Gasteiger charge is -2.30. The van der Waals surface area contributed by atoms with E-state index in [4.69, 9.17) is 4.74 Å². The van der Waals surface area contributed by atoms with Crippen LogP contribution in [0, 0.1) is 60.8 Å². The highest BCUT2D eigenvalue weighted by Crippen LogP contribution is 2.52. The zero-order chi connectivity index (χ0) is 29.7. The number of fused-ring (bicyclic) bond motifs is 10. The Balaban J connectivity index is 1.68. The first-order valence-corrected chi connectivity index (χ1v) is 15.4. The second-order valence-corrected chi connectivity index (χ2v) is 14.9. The summed E-state index contributed by atoms with van der Waals surface area (Å²) in [5.74, 6) is 2.14. The fraction of sp³-hybridized carbons (Fsp3) is 0.436. The maximum absolute atomic E-state index is 7.39. The van der Waals surface area contributed by atoms with Gasteiger partial charge in [-0.05, 0) is 172 Å². The molecule has 7 rings (SSSR count). The lowest BCUT2D eigenvalue weighted by molar-refractivity contribution is 0.481. The minimum absolute atomic E-state index is 0.0458. The van der Waals surface area contributed by atoms with Gasteiger partial charge in [0.05, 0.1) is 0 Å². The summed E-state index contributed by atoms with van der Waals surface area (Å²) in [5.41, 5.74) is 18.1. The van der Waals surface area contributed by atoms with E-state index in [1.165, 1.54) is 104 Å². The first kappa shape index (κ1) is 26.6. The number of anilines is 1. The maximum Gasteiger partial charge on any atom is 0.143 e. The van der Waals surface area contributed by atoms with Gasteiger partial charge < -0.3 is 10.1 Å². The van der Waals surface area contributed by atoms with Crippen molar-refractivity contribution in [2.75, 3.05) is 5.32 Å². The molecule has 41 heavy (non-hydrogen) atoms. The van der Waals surface area contributed by atoms with E-state index in [-0.39, 0.29) is 11.0 Å². The lowest BCUT2D eigenvalue weighted by atomic mass is 9.81. The zero-order valence-electron chi connectivity index (χ0n) is 27.4. The molecule has 4 aromatic rings. The van der Waals surface area contributed by atoms with Crippen molar-refractivity contribution in [1.82, 2.24) is 0 Å². The van der Waals surface area contributed by atoms with Crippen LogP contribution in [0.3, 0.4) is 0 Å². The van der Waals surface area contributed by atoms with Crippen LogP contribution >= 0.6 is 0 Å². The van der Waals surface area contributed by atoms with Crippen molar-refractivity contribution in [2.45, 2.75) is 108 Å². The number of ether oxygens (including phenoxy) is 1. The van der Waals surface area contributed by atoms with Gasteiger partial charge in [-0.2, -0.15) is 0 Å². The van der Waals surface area contributed by atoms with E-state index < -0.39 is 0 Å². The van der Waals surface area contributed by atoms with Crippen LogP contribution in [0.1, 0.15) is 95.8 Å². The molecule has 1 aliphatic carbocycles. The van der Waals surface area contributed by atoms with Crippen molar-refractivity contribution in [3.05, 3.63) is 71.6 Å². The quantitative estimate of drug-likeness (QED) is 0.239. The number of rotatable bonds is 0. The molecule has 0 saturated heterocycles. The first-order chi connectivity index (χ1) is 19.1. The van der Waals surface area contributed by atoms with Gasteiger partial charge in [-0.1, -0.05) is 19.9 Å². The van der Waals surface area contributed by atoms with Crippen LogP contribution in [0.15, 0.2) is 0 Å². The highest BCUT2D eigenvalue weighted by atomic mass is 16.5. The van der Waals surface area contributed by atoms with E-state index in [0.29, 0.717) is 0 Å². The van der Waals surface area contributed by atoms with Crippen LogP contribution in [0.25, 0.3) is 33.2 Å². The third-order valence-corrected chi connectivity index (χ3v) is 11.1. The fourth-order valence-electron chi connectivity index (χ4n) is 8.67. The zero-order valence-corrected chi connectivity index (χ0v) is 27.4. The normalized spacial score (nSPS) is 17.6. The molecule has 0 atom stereocenters. The lowest BCUT2D eigenvalue weighted by Crippen LogP contribution is -2.27. The van der Waals surface area contributed by atoms with Crippen LogP contribution in [0.4, 0.5) is 5.69 Å². The van der Waals surface area contributed by atoms with E-state index in [9.17, 15) is 0 Å². The Hall–Kier alpha value is -3.26. The summed E-state index contributed by atoms with van der Waals surface area (Å²) in [6, 6.07) is 0. The van der Waals surface area contributed by atoms with Gasteiger partial charge >= 0.3 is 0 Å². The molecule has 0 spiro atoms. The molecule has 0 aromatic heterocycles. The highest BCUT2D eigenvalue weighted by molar-refractivity contribution is 6.07. The van der Waals surface area contributed by atoms with Crippen molar-refractivity contribution in [3.63, 3.8) is 0 Å². The van der Waals surface area contributed by atoms with E-state index in [1.54, 1.807) is 0 Å². The van der Waals surface area contributed by atoms with Gasteiger partial charge in [-0.25, -0.2) is 0 Å². The van der Waals surface area contributed by atoms with E-state index in [0.717, 1.165) is 24.3 Å². The summed E-state index contributed by atoms with van der Waals surface area (Å²) in [5, 5.41) is 12.1. The smallest absolute Gasteiger partial charge is 0.143 e. The fourth-order valence-corrected chi connectivity index (χ4v) is 8.67. The van der Waals surface area contributed by atoms with Crippen molar-refractivity contribution in [3.8, 4) is 11.5 Å². The Morgan fingerprint density at radius 3 is 1.83 bits per heavy atom. The average molecular weight is 544 g/mol. The number of aryl methyl sites for hydroxylation is 4. The molecule has 0 unspecified atom stereocenters. The molecule has 212 valence electrons. The monoisotopic (exact) mass is 543 g/mol. The van der Waals surface area contributed by atoms with Crippen LogP contribution in [-0.4, -0.2) is 5.54 Å². The van der Waals surface area contributed by atoms with Gasteiger partial charge in [0.2, 0.25) is 0 Å². The third kappa shape index (κ3) is 3.25.